The second-order valence-corrected chi connectivity index (χ2v) is 8.74. The monoisotopic (exact) mass is 475 g/mol. The van der Waals surface area contributed by atoms with Crippen LogP contribution in [0.5, 0.6) is 5.75 Å². The quantitative estimate of drug-likeness (QED) is 0.411. The van der Waals surface area contributed by atoms with Gasteiger partial charge in [0.05, 0.1) is 12.2 Å². The molecule has 0 saturated heterocycles. The van der Waals surface area contributed by atoms with E-state index in [1.54, 1.807) is 0 Å². The molecule has 0 bridgehead atoms. The van der Waals surface area contributed by atoms with Crippen LogP contribution in [-0.2, 0) is 24.2 Å². The molecule has 1 aromatic carbocycles. The van der Waals surface area contributed by atoms with Crippen LogP contribution in [0, 0.1) is 11.6 Å². The molecule has 33 heavy (non-hydrogen) atoms. The van der Waals surface area contributed by atoms with Crippen LogP contribution in [0.4, 0.5) is 13.8 Å². The maximum atomic E-state index is 13.7. The summed E-state index contributed by atoms with van der Waals surface area (Å²) >= 11 is 1.39. The first-order valence-electron chi connectivity index (χ1n) is 10.8. The zero-order valence-electron chi connectivity index (χ0n) is 18.0. The highest BCUT2D eigenvalue weighted by Crippen LogP contribution is 2.39. The fourth-order valence-electron chi connectivity index (χ4n) is 3.62. The number of rotatable bonds is 8. The molecule has 1 aliphatic carbocycles. The van der Waals surface area contributed by atoms with Crippen molar-refractivity contribution < 1.29 is 32.3 Å². The first kappa shape index (κ1) is 23.0. The van der Waals surface area contributed by atoms with Gasteiger partial charge in [0, 0.05) is 10.9 Å². The Balaban J connectivity index is 1.47. The fourth-order valence-corrected chi connectivity index (χ4v) is 4.89. The second-order valence-electron chi connectivity index (χ2n) is 7.63. The van der Waals surface area contributed by atoms with Crippen molar-refractivity contribution in [1.29, 1.82) is 0 Å². The molecule has 174 valence electrons. The Bertz CT molecular complexity index is 1170. The van der Waals surface area contributed by atoms with Gasteiger partial charge in [-0.2, -0.15) is 0 Å². The SMILES string of the molecule is CCCOC(=O)c1c(NC(=O)c2ccc(COc3ccc(F)cc3F)o2)sc2c1CCCC2. The summed E-state index contributed by atoms with van der Waals surface area (Å²) < 4.78 is 42.9. The number of nitrogens with one attached hydrogen (secondary N) is 1. The van der Waals surface area contributed by atoms with Crippen molar-refractivity contribution >= 4 is 28.2 Å². The number of hydrogen-bond acceptors (Lipinski definition) is 6. The van der Waals surface area contributed by atoms with Gasteiger partial charge in [-0.05, 0) is 61.9 Å². The van der Waals surface area contributed by atoms with Crippen LogP contribution in [0.1, 0.15) is 63.3 Å². The van der Waals surface area contributed by atoms with Crippen molar-refractivity contribution in [2.45, 2.75) is 45.6 Å². The summed E-state index contributed by atoms with van der Waals surface area (Å²) in [7, 11) is 0. The standard InChI is InChI=1S/C24H23F2NO5S/c1-2-11-30-24(29)21-16-5-3-4-6-20(16)33-23(21)27-22(28)19-10-8-15(32-19)13-31-18-9-7-14(25)12-17(18)26/h7-10,12H,2-6,11,13H2,1H3,(H,27,28). The van der Waals surface area contributed by atoms with Gasteiger partial charge in [0.2, 0.25) is 0 Å². The zero-order valence-corrected chi connectivity index (χ0v) is 18.9. The first-order valence-corrected chi connectivity index (χ1v) is 11.6. The highest BCUT2D eigenvalue weighted by atomic mass is 32.1. The van der Waals surface area contributed by atoms with Crippen molar-refractivity contribution in [2.75, 3.05) is 11.9 Å². The number of ether oxygens (including phenoxy) is 2. The van der Waals surface area contributed by atoms with E-state index < -0.39 is 23.5 Å². The topological polar surface area (TPSA) is 77.8 Å². The third kappa shape index (κ3) is 5.24. The zero-order chi connectivity index (χ0) is 23.4. The maximum absolute atomic E-state index is 13.7. The lowest BCUT2D eigenvalue weighted by Gasteiger charge is -2.12. The molecule has 0 fully saturated rings. The lowest BCUT2D eigenvalue weighted by molar-refractivity contribution is 0.0505. The average Bonchev–Trinajstić information content (AvgIpc) is 3.41. The van der Waals surface area contributed by atoms with Gasteiger partial charge in [0.15, 0.2) is 17.3 Å². The Morgan fingerprint density at radius 3 is 2.76 bits per heavy atom. The summed E-state index contributed by atoms with van der Waals surface area (Å²) in [5.41, 5.74) is 1.39. The van der Waals surface area contributed by atoms with E-state index in [1.165, 1.54) is 29.5 Å². The molecule has 2 aromatic heterocycles. The minimum Gasteiger partial charge on any atom is -0.483 e. The van der Waals surface area contributed by atoms with Gasteiger partial charge in [-0.1, -0.05) is 6.92 Å². The number of amides is 1. The number of esters is 1. The van der Waals surface area contributed by atoms with Gasteiger partial charge < -0.3 is 19.2 Å². The second kappa shape index (κ2) is 10.2. The molecule has 0 atom stereocenters. The number of benzene rings is 1. The molecule has 0 aliphatic heterocycles. The minimum absolute atomic E-state index is 0.0208. The Morgan fingerprint density at radius 2 is 1.97 bits per heavy atom. The van der Waals surface area contributed by atoms with E-state index in [4.69, 9.17) is 13.9 Å². The predicted molar refractivity (Wildman–Crippen MR) is 119 cm³/mol. The van der Waals surface area contributed by atoms with Gasteiger partial charge in [-0.3, -0.25) is 4.79 Å². The number of carbonyl (C=O) groups is 2. The van der Waals surface area contributed by atoms with E-state index in [2.05, 4.69) is 5.32 Å². The third-order valence-electron chi connectivity index (χ3n) is 5.19. The lowest BCUT2D eigenvalue weighted by atomic mass is 9.95. The van der Waals surface area contributed by atoms with E-state index in [0.717, 1.165) is 48.3 Å². The molecule has 9 heteroatoms. The van der Waals surface area contributed by atoms with Crippen LogP contribution in [0.2, 0.25) is 0 Å². The van der Waals surface area contributed by atoms with Gasteiger partial charge in [0.1, 0.15) is 23.2 Å². The molecule has 6 nitrogen and oxygen atoms in total. The molecule has 0 saturated carbocycles. The number of anilines is 1. The van der Waals surface area contributed by atoms with E-state index in [0.29, 0.717) is 23.6 Å². The molecule has 1 N–H and O–H groups in total. The first-order chi connectivity index (χ1) is 16.0. The molecule has 0 radical (unpaired) electrons. The van der Waals surface area contributed by atoms with Crippen molar-refractivity contribution in [1.82, 2.24) is 0 Å². The van der Waals surface area contributed by atoms with Crippen LogP contribution < -0.4 is 10.1 Å². The van der Waals surface area contributed by atoms with Gasteiger partial charge in [-0.15, -0.1) is 11.3 Å². The number of halogens is 2. The summed E-state index contributed by atoms with van der Waals surface area (Å²) in [6, 6.07) is 5.99. The Kier molecular flexibility index (Phi) is 7.08. The summed E-state index contributed by atoms with van der Waals surface area (Å²) in [4.78, 5) is 26.6. The number of thiophene rings is 1. The summed E-state index contributed by atoms with van der Waals surface area (Å²) in [5, 5.41) is 3.24. The van der Waals surface area contributed by atoms with E-state index >= 15 is 0 Å². The van der Waals surface area contributed by atoms with Crippen molar-refractivity contribution in [3.05, 3.63) is 69.5 Å². The summed E-state index contributed by atoms with van der Waals surface area (Å²) in [6.07, 6.45) is 4.38. The van der Waals surface area contributed by atoms with E-state index in [1.807, 2.05) is 6.92 Å². The maximum Gasteiger partial charge on any atom is 0.341 e. The van der Waals surface area contributed by atoms with Crippen molar-refractivity contribution in [3.63, 3.8) is 0 Å². The average molecular weight is 476 g/mol. The number of hydrogen-bond donors (Lipinski definition) is 1. The highest BCUT2D eigenvalue weighted by molar-refractivity contribution is 7.17. The molecule has 0 spiro atoms. The van der Waals surface area contributed by atoms with Crippen LogP contribution in [0.25, 0.3) is 0 Å². The summed E-state index contributed by atoms with van der Waals surface area (Å²) in [6.45, 7) is 2.09. The van der Waals surface area contributed by atoms with Crippen molar-refractivity contribution in [2.24, 2.45) is 0 Å². The fraction of sp³-hybridized carbons (Fsp3) is 0.333. The van der Waals surface area contributed by atoms with Gasteiger partial charge >= 0.3 is 5.97 Å². The Hall–Kier alpha value is -3.20. The lowest BCUT2D eigenvalue weighted by Crippen LogP contribution is -2.15. The molecular formula is C24H23F2NO5S. The highest BCUT2D eigenvalue weighted by Gasteiger charge is 2.28. The van der Waals surface area contributed by atoms with E-state index in [-0.39, 0.29) is 23.9 Å². The Morgan fingerprint density at radius 1 is 1.15 bits per heavy atom. The smallest absolute Gasteiger partial charge is 0.341 e. The number of carbonyl (C=O) groups excluding carboxylic acids is 2. The molecule has 2 heterocycles. The number of aryl methyl sites for hydroxylation is 1. The van der Waals surface area contributed by atoms with Crippen LogP contribution in [0.3, 0.4) is 0 Å². The molecule has 0 unspecified atom stereocenters. The van der Waals surface area contributed by atoms with Gasteiger partial charge in [0.25, 0.3) is 5.91 Å². The molecule has 3 aromatic rings. The Labute approximate surface area is 193 Å². The molecular weight excluding hydrogens is 452 g/mol. The minimum atomic E-state index is -0.830. The van der Waals surface area contributed by atoms with Crippen LogP contribution in [0.15, 0.2) is 34.7 Å². The molecule has 4 rings (SSSR count). The molecule has 1 aliphatic rings. The molecule has 1 amide bonds. The number of furan rings is 1. The van der Waals surface area contributed by atoms with Crippen LogP contribution in [-0.4, -0.2) is 18.5 Å². The number of fused-ring (bicyclic) bond motifs is 1. The normalized spacial score (nSPS) is 12.8. The third-order valence-corrected chi connectivity index (χ3v) is 6.40. The van der Waals surface area contributed by atoms with Crippen LogP contribution >= 0.6 is 11.3 Å². The van der Waals surface area contributed by atoms with E-state index in [9.17, 15) is 18.4 Å². The largest absolute Gasteiger partial charge is 0.483 e. The van der Waals surface area contributed by atoms with Crippen molar-refractivity contribution in [3.8, 4) is 5.75 Å². The van der Waals surface area contributed by atoms with Gasteiger partial charge in [-0.25, -0.2) is 13.6 Å². The predicted octanol–water partition coefficient (Wildman–Crippen LogP) is 5.90. The summed E-state index contributed by atoms with van der Waals surface area (Å²) in [5.74, 6) is -2.30.